The number of aryl methyl sites for hydroxylation is 1. The Hall–Kier alpha value is -2.77. The number of carbonyl (C=O) groups excluding carboxylic acids is 2. The maximum atomic E-state index is 13.8. The van der Waals surface area contributed by atoms with Gasteiger partial charge in [0.05, 0.1) is 13.1 Å². The van der Waals surface area contributed by atoms with Crippen LogP contribution in [0.1, 0.15) is 18.1 Å². The lowest BCUT2D eigenvalue weighted by molar-refractivity contribution is -0.132. The average Bonchev–Trinajstić information content (AvgIpc) is 2.77. The third kappa shape index (κ3) is 6.60. The fraction of sp³-hybridized carbons (Fsp3) is 0.417. The zero-order chi connectivity index (χ0) is 22.2. The number of carbonyl (C=O) groups is 2. The molecular formula is C24H31FN4O2. The van der Waals surface area contributed by atoms with E-state index in [2.05, 4.69) is 22.0 Å². The van der Waals surface area contributed by atoms with E-state index in [4.69, 9.17) is 0 Å². The van der Waals surface area contributed by atoms with Gasteiger partial charge in [-0.2, -0.15) is 0 Å². The Balaban J connectivity index is 1.41. The van der Waals surface area contributed by atoms with Crippen molar-refractivity contribution in [2.24, 2.45) is 0 Å². The highest BCUT2D eigenvalue weighted by Crippen LogP contribution is 2.15. The molecule has 0 atom stereocenters. The minimum absolute atomic E-state index is 0.0185. The van der Waals surface area contributed by atoms with Gasteiger partial charge in [0.2, 0.25) is 11.8 Å². The molecule has 166 valence electrons. The molecule has 2 aromatic rings. The van der Waals surface area contributed by atoms with Crippen LogP contribution in [-0.2, 0) is 22.6 Å². The van der Waals surface area contributed by atoms with Gasteiger partial charge in [-0.15, -0.1) is 0 Å². The van der Waals surface area contributed by atoms with Crippen LogP contribution < -0.4 is 5.32 Å². The van der Waals surface area contributed by atoms with Crippen molar-refractivity contribution in [3.8, 4) is 0 Å². The van der Waals surface area contributed by atoms with Crippen LogP contribution in [0.3, 0.4) is 0 Å². The van der Waals surface area contributed by atoms with Crippen LogP contribution in [0.5, 0.6) is 0 Å². The van der Waals surface area contributed by atoms with Crippen LogP contribution in [0, 0.1) is 5.82 Å². The largest absolute Gasteiger partial charge is 0.340 e. The molecule has 0 spiro atoms. The van der Waals surface area contributed by atoms with Gasteiger partial charge in [0.15, 0.2) is 0 Å². The molecule has 31 heavy (non-hydrogen) atoms. The Morgan fingerprint density at radius 3 is 2.16 bits per heavy atom. The first-order valence-electron chi connectivity index (χ1n) is 10.8. The summed E-state index contributed by atoms with van der Waals surface area (Å²) in [6, 6.07) is 14.4. The number of nitrogens with one attached hydrogen (secondary N) is 1. The van der Waals surface area contributed by atoms with E-state index in [-0.39, 0.29) is 24.2 Å². The fourth-order valence-electron chi connectivity index (χ4n) is 3.73. The standard InChI is InChI=1S/C24H31FN4O2/c1-3-19-8-5-7-11-22(19)26-23(30)17-28-12-14-29(15-13-28)18-24(31)27(2)16-20-9-4-6-10-21(20)25/h4-11H,3,12-18H2,1-2H3,(H,26,30). The molecule has 6 nitrogen and oxygen atoms in total. The number of nitrogens with zero attached hydrogens (tertiary/aromatic N) is 3. The molecule has 2 amide bonds. The number of para-hydroxylation sites is 1. The second-order valence-electron chi connectivity index (χ2n) is 7.95. The predicted molar refractivity (Wildman–Crippen MR) is 120 cm³/mol. The third-order valence-corrected chi connectivity index (χ3v) is 5.65. The van der Waals surface area contributed by atoms with E-state index in [0.29, 0.717) is 18.7 Å². The van der Waals surface area contributed by atoms with Crippen LogP contribution in [0.4, 0.5) is 10.1 Å². The minimum atomic E-state index is -0.296. The molecule has 7 heteroatoms. The number of likely N-dealkylation sites (N-methyl/N-ethyl adjacent to an activating group) is 1. The van der Waals surface area contributed by atoms with Gasteiger partial charge in [-0.05, 0) is 24.1 Å². The Morgan fingerprint density at radius 1 is 0.935 bits per heavy atom. The number of hydrogen-bond acceptors (Lipinski definition) is 4. The Kier molecular flexibility index (Phi) is 8.14. The first-order valence-corrected chi connectivity index (χ1v) is 10.8. The molecule has 0 saturated carbocycles. The van der Waals surface area contributed by atoms with Gasteiger partial charge in [0.1, 0.15) is 5.82 Å². The monoisotopic (exact) mass is 426 g/mol. The third-order valence-electron chi connectivity index (χ3n) is 5.65. The summed E-state index contributed by atoms with van der Waals surface area (Å²) in [6.07, 6.45) is 0.870. The molecule has 1 fully saturated rings. The number of hydrogen-bond donors (Lipinski definition) is 1. The highest BCUT2D eigenvalue weighted by Gasteiger charge is 2.22. The summed E-state index contributed by atoms with van der Waals surface area (Å²) < 4.78 is 13.8. The summed E-state index contributed by atoms with van der Waals surface area (Å²) in [5.41, 5.74) is 2.51. The summed E-state index contributed by atoms with van der Waals surface area (Å²) in [5.74, 6) is -0.351. The van der Waals surface area contributed by atoms with Crippen LogP contribution >= 0.6 is 0 Å². The molecule has 2 aromatic carbocycles. The van der Waals surface area contributed by atoms with Crippen LogP contribution in [-0.4, -0.2) is 72.8 Å². The van der Waals surface area contributed by atoms with E-state index < -0.39 is 0 Å². The molecule has 0 radical (unpaired) electrons. The molecule has 1 aliphatic heterocycles. The average molecular weight is 427 g/mol. The summed E-state index contributed by atoms with van der Waals surface area (Å²) in [4.78, 5) is 30.7. The Morgan fingerprint density at radius 2 is 1.52 bits per heavy atom. The Labute approximate surface area is 183 Å². The first kappa shape index (κ1) is 22.9. The van der Waals surface area contributed by atoms with Gasteiger partial charge in [-0.25, -0.2) is 4.39 Å². The van der Waals surface area contributed by atoms with Crippen molar-refractivity contribution < 1.29 is 14.0 Å². The predicted octanol–water partition coefficient (Wildman–Crippen LogP) is 2.60. The minimum Gasteiger partial charge on any atom is -0.340 e. The van der Waals surface area contributed by atoms with Crippen molar-refractivity contribution >= 4 is 17.5 Å². The molecule has 0 aromatic heterocycles. The summed E-state index contributed by atoms with van der Waals surface area (Å²) in [6.45, 7) is 5.86. The second kappa shape index (κ2) is 11.0. The van der Waals surface area contributed by atoms with E-state index in [0.717, 1.165) is 43.9 Å². The van der Waals surface area contributed by atoms with Gasteiger partial charge in [0.25, 0.3) is 0 Å². The van der Waals surface area contributed by atoms with Gasteiger partial charge in [-0.1, -0.05) is 43.3 Å². The van der Waals surface area contributed by atoms with Crippen molar-refractivity contribution in [1.29, 1.82) is 0 Å². The quantitative estimate of drug-likeness (QED) is 0.705. The zero-order valence-electron chi connectivity index (χ0n) is 18.3. The number of piperazine rings is 1. The fourth-order valence-corrected chi connectivity index (χ4v) is 3.73. The van der Waals surface area contributed by atoms with Gasteiger partial charge in [0, 0.05) is 51.0 Å². The van der Waals surface area contributed by atoms with Crippen LogP contribution in [0.2, 0.25) is 0 Å². The normalized spacial score (nSPS) is 14.9. The molecular weight excluding hydrogens is 395 g/mol. The van der Waals surface area contributed by atoms with Crippen molar-refractivity contribution in [3.63, 3.8) is 0 Å². The molecule has 1 heterocycles. The summed E-state index contributed by atoms with van der Waals surface area (Å²) >= 11 is 0. The summed E-state index contributed by atoms with van der Waals surface area (Å²) in [7, 11) is 1.70. The highest BCUT2D eigenvalue weighted by atomic mass is 19.1. The molecule has 1 aliphatic rings. The van der Waals surface area contributed by atoms with Crippen molar-refractivity contribution in [3.05, 3.63) is 65.5 Å². The van der Waals surface area contributed by atoms with Crippen molar-refractivity contribution in [1.82, 2.24) is 14.7 Å². The van der Waals surface area contributed by atoms with E-state index in [1.807, 2.05) is 24.3 Å². The number of benzene rings is 2. The number of amides is 2. The highest BCUT2D eigenvalue weighted by molar-refractivity contribution is 5.93. The van der Waals surface area contributed by atoms with Gasteiger partial charge >= 0.3 is 0 Å². The van der Waals surface area contributed by atoms with E-state index >= 15 is 0 Å². The van der Waals surface area contributed by atoms with Crippen LogP contribution in [0.15, 0.2) is 48.5 Å². The summed E-state index contributed by atoms with van der Waals surface area (Å²) in [5, 5.41) is 3.01. The topological polar surface area (TPSA) is 55.9 Å². The van der Waals surface area contributed by atoms with Gasteiger partial charge < -0.3 is 10.2 Å². The molecule has 3 rings (SSSR count). The van der Waals surface area contributed by atoms with Crippen molar-refractivity contribution in [2.45, 2.75) is 19.9 Å². The molecule has 1 saturated heterocycles. The molecule has 0 bridgehead atoms. The SMILES string of the molecule is CCc1ccccc1NC(=O)CN1CCN(CC(=O)N(C)Cc2ccccc2F)CC1. The number of halogens is 1. The second-order valence-corrected chi connectivity index (χ2v) is 7.95. The number of anilines is 1. The van der Waals surface area contributed by atoms with E-state index in [9.17, 15) is 14.0 Å². The lowest BCUT2D eigenvalue weighted by Gasteiger charge is -2.34. The maximum Gasteiger partial charge on any atom is 0.238 e. The first-order chi connectivity index (χ1) is 15.0. The smallest absolute Gasteiger partial charge is 0.238 e. The lowest BCUT2D eigenvalue weighted by atomic mass is 10.1. The molecule has 1 N–H and O–H groups in total. The van der Waals surface area contributed by atoms with Gasteiger partial charge in [-0.3, -0.25) is 19.4 Å². The van der Waals surface area contributed by atoms with E-state index in [1.165, 1.54) is 6.07 Å². The molecule has 0 unspecified atom stereocenters. The number of rotatable bonds is 8. The van der Waals surface area contributed by atoms with E-state index in [1.54, 1.807) is 30.1 Å². The van der Waals surface area contributed by atoms with Crippen molar-refractivity contribution in [2.75, 3.05) is 51.6 Å². The lowest BCUT2D eigenvalue weighted by Crippen LogP contribution is -2.51. The Bertz CT molecular complexity index is 897. The molecule has 0 aliphatic carbocycles. The van der Waals surface area contributed by atoms with Crippen LogP contribution in [0.25, 0.3) is 0 Å². The zero-order valence-corrected chi connectivity index (χ0v) is 18.3. The maximum absolute atomic E-state index is 13.8.